The lowest BCUT2D eigenvalue weighted by molar-refractivity contribution is -0.385. The summed E-state index contributed by atoms with van der Waals surface area (Å²) in [6.45, 7) is 4.74. The van der Waals surface area contributed by atoms with Crippen LogP contribution in [-0.4, -0.2) is 45.6 Å². The Balaban J connectivity index is 1.70. The lowest BCUT2D eigenvalue weighted by atomic mass is 9.89. The third-order valence-electron chi connectivity index (χ3n) is 6.62. The number of benzene rings is 3. The van der Waals surface area contributed by atoms with E-state index >= 15 is 0 Å². The van der Waals surface area contributed by atoms with Gasteiger partial charge in [0.1, 0.15) is 29.4 Å². The van der Waals surface area contributed by atoms with E-state index in [4.69, 9.17) is 14.2 Å². The van der Waals surface area contributed by atoms with E-state index < -0.39 is 39.0 Å². The van der Waals surface area contributed by atoms with Gasteiger partial charge in [-0.1, -0.05) is 6.07 Å². The molecule has 0 bridgehead atoms. The Morgan fingerprint density at radius 2 is 1.73 bits per heavy atom. The molecule has 0 radical (unpaired) electrons. The van der Waals surface area contributed by atoms with Crippen LogP contribution in [0.1, 0.15) is 37.4 Å². The number of hydrogen-bond acceptors (Lipinski definition) is 8. The topological polar surface area (TPSA) is 137 Å². The number of nitro benzene ring substituents is 1. The van der Waals surface area contributed by atoms with Gasteiger partial charge in [-0.2, -0.15) is 0 Å². The van der Waals surface area contributed by atoms with Gasteiger partial charge in [0.25, 0.3) is 15.7 Å². The molecule has 12 heteroatoms. The second-order valence-corrected chi connectivity index (χ2v) is 11.9. The molecule has 1 atom stereocenters. The van der Waals surface area contributed by atoms with Crippen LogP contribution in [0.3, 0.4) is 0 Å². The van der Waals surface area contributed by atoms with Gasteiger partial charge in [0.05, 0.1) is 35.8 Å². The molecule has 0 spiro atoms. The number of carbonyl (C=O) groups excluding carboxylic acids is 1. The van der Waals surface area contributed by atoms with E-state index in [0.717, 1.165) is 10.4 Å². The first-order chi connectivity index (χ1) is 18.8. The van der Waals surface area contributed by atoms with Crippen LogP contribution in [0.2, 0.25) is 0 Å². The summed E-state index contributed by atoms with van der Waals surface area (Å²) >= 11 is 0. The SMILES string of the molecule is COc1ccc(N(CC(=O)NC2CC(C)(C)Oc3ccc(OC)cc32)S(=O)(=O)c2ccc(C)c([N+](=O)[O-])c2)cc1. The third-order valence-corrected chi connectivity index (χ3v) is 8.39. The lowest BCUT2D eigenvalue weighted by Crippen LogP contribution is -2.45. The molecule has 1 unspecified atom stereocenters. The Kier molecular flexibility index (Phi) is 7.92. The quantitative estimate of drug-likeness (QED) is 0.293. The van der Waals surface area contributed by atoms with Crippen LogP contribution in [0, 0.1) is 17.0 Å². The second-order valence-electron chi connectivity index (χ2n) is 10.0. The molecule has 1 aliphatic rings. The molecule has 3 aromatic rings. The predicted molar refractivity (Wildman–Crippen MR) is 149 cm³/mol. The fourth-order valence-corrected chi connectivity index (χ4v) is 6.04. The van der Waals surface area contributed by atoms with Crippen molar-refractivity contribution in [3.05, 3.63) is 81.9 Å². The Morgan fingerprint density at radius 1 is 1.07 bits per heavy atom. The fourth-order valence-electron chi connectivity index (χ4n) is 4.60. The first kappa shape index (κ1) is 28.7. The summed E-state index contributed by atoms with van der Waals surface area (Å²) in [5, 5.41) is 14.5. The van der Waals surface area contributed by atoms with E-state index in [9.17, 15) is 23.3 Å². The highest BCUT2D eigenvalue weighted by atomic mass is 32.2. The fraction of sp³-hybridized carbons (Fsp3) is 0.321. The molecule has 40 heavy (non-hydrogen) atoms. The van der Waals surface area contributed by atoms with Crippen molar-refractivity contribution in [1.29, 1.82) is 0 Å². The zero-order valence-corrected chi connectivity index (χ0v) is 23.7. The van der Waals surface area contributed by atoms with Gasteiger partial charge in [0.15, 0.2) is 0 Å². The summed E-state index contributed by atoms with van der Waals surface area (Å²) < 4.78 is 45.2. The predicted octanol–water partition coefficient (Wildman–Crippen LogP) is 4.53. The first-order valence-electron chi connectivity index (χ1n) is 12.4. The van der Waals surface area contributed by atoms with Crippen molar-refractivity contribution in [3.8, 4) is 17.2 Å². The number of rotatable bonds is 9. The summed E-state index contributed by atoms with van der Waals surface area (Å²) in [6, 6.07) is 14.6. The Morgan fingerprint density at radius 3 is 2.35 bits per heavy atom. The molecule has 3 aromatic carbocycles. The molecule has 0 aliphatic carbocycles. The zero-order valence-electron chi connectivity index (χ0n) is 22.8. The Bertz CT molecular complexity index is 1540. The standard InChI is InChI=1S/C28H31N3O8S/c1-18-6-12-22(15-25(18)31(33)34)40(35,36)30(19-7-9-20(37-4)10-8-19)17-27(32)29-24-16-28(2,3)39-26-13-11-21(38-5)14-23(24)26/h6-15,24H,16-17H2,1-5H3,(H,29,32). The number of aryl methyl sites for hydroxylation is 1. The number of hydrogen-bond donors (Lipinski definition) is 1. The third kappa shape index (κ3) is 5.96. The zero-order chi connectivity index (χ0) is 29.2. The summed E-state index contributed by atoms with van der Waals surface area (Å²) in [5.41, 5.74) is 0.278. The average molecular weight is 570 g/mol. The number of anilines is 1. The Hall–Kier alpha value is -4.32. The van der Waals surface area contributed by atoms with Crippen LogP contribution in [0.25, 0.3) is 0 Å². The van der Waals surface area contributed by atoms with Gasteiger partial charge in [0.2, 0.25) is 5.91 Å². The largest absolute Gasteiger partial charge is 0.497 e. The van der Waals surface area contributed by atoms with Gasteiger partial charge < -0.3 is 19.5 Å². The van der Waals surface area contributed by atoms with Crippen molar-refractivity contribution in [2.45, 2.75) is 43.7 Å². The van der Waals surface area contributed by atoms with Gasteiger partial charge in [-0.15, -0.1) is 0 Å². The van der Waals surface area contributed by atoms with Crippen LogP contribution >= 0.6 is 0 Å². The number of fused-ring (bicyclic) bond motifs is 1. The highest BCUT2D eigenvalue weighted by Crippen LogP contribution is 2.41. The molecule has 0 saturated carbocycles. The molecule has 4 rings (SSSR count). The molecule has 1 N–H and O–H groups in total. The van der Waals surface area contributed by atoms with Gasteiger partial charge in [-0.3, -0.25) is 19.2 Å². The molecule has 1 amide bonds. The van der Waals surface area contributed by atoms with Gasteiger partial charge in [0, 0.05) is 23.6 Å². The number of methoxy groups -OCH3 is 2. The monoisotopic (exact) mass is 569 g/mol. The van der Waals surface area contributed by atoms with Crippen LogP contribution in [0.15, 0.2) is 65.6 Å². The molecular weight excluding hydrogens is 538 g/mol. The normalized spacial score (nSPS) is 15.8. The van der Waals surface area contributed by atoms with Gasteiger partial charge in [-0.25, -0.2) is 8.42 Å². The summed E-state index contributed by atoms with van der Waals surface area (Å²) in [5.74, 6) is 1.10. The van der Waals surface area contributed by atoms with Crippen LogP contribution in [0.4, 0.5) is 11.4 Å². The van der Waals surface area contributed by atoms with E-state index in [1.165, 1.54) is 45.4 Å². The van der Waals surface area contributed by atoms with Crippen LogP contribution in [0.5, 0.6) is 17.2 Å². The van der Waals surface area contributed by atoms with Crippen molar-refractivity contribution in [3.63, 3.8) is 0 Å². The number of nitro groups is 1. The highest BCUT2D eigenvalue weighted by Gasteiger charge is 2.36. The number of carbonyl (C=O) groups is 1. The van der Waals surface area contributed by atoms with Crippen molar-refractivity contribution in [1.82, 2.24) is 5.32 Å². The van der Waals surface area contributed by atoms with Crippen molar-refractivity contribution in [2.75, 3.05) is 25.1 Å². The molecule has 1 aliphatic heterocycles. The van der Waals surface area contributed by atoms with E-state index in [0.29, 0.717) is 34.8 Å². The molecule has 0 saturated heterocycles. The van der Waals surface area contributed by atoms with E-state index in [-0.39, 0.29) is 16.3 Å². The van der Waals surface area contributed by atoms with Crippen molar-refractivity contribution in [2.24, 2.45) is 0 Å². The minimum atomic E-state index is -4.39. The number of amides is 1. The molecule has 212 valence electrons. The maximum atomic E-state index is 13.8. The highest BCUT2D eigenvalue weighted by molar-refractivity contribution is 7.92. The smallest absolute Gasteiger partial charge is 0.273 e. The number of nitrogens with zero attached hydrogens (tertiary/aromatic N) is 2. The van der Waals surface area contributed by atoms with Crippen LogP contribution < -0.4 is 23.8 Å². The number of ether oxygens (including phenoxy) is 3. The maximum absolute atomic E-state index is 13.8. The number of sulfonamides is 1. The van der Waals surface area contributed by atoms with Gasteiger partial charge >= 0.3 is 0 Å². The summed E-state index contributed by atoms with van der Waals surface area (Å²) in [6.07, 6.45) is 0.429. The lowest BCUT2D eigenvalue weighted by Gasteiger charge is -2.38. The molecule has 11 nitrogen and oxygen atoms in total. The van der Waals surface area contributed by atoms with Gasteiger partial charge in [-0.05, 0) is 69.3 Å². The number of nitrogens with one attached hydrogen (secondary N) is 1. The minimum Gasteiger partial charge on any atom is -0.497 e. The minimum absolute atomic E-state index is 0.188. The molecule has 1 heterocycles. The van der Waals surface area contributed by atoms with Crippen molar-refractivity contribution >= 4 is 27.3 Å². The molecular formula is C28H31N3O8S. The van der Waals surface area contributed by atoms with E-state index in [2.05, 4.69) is 5.32 Å². The van der Waals surface area contributed by atoms with Crippen LogP contribution in [-0.2, 0) is 14.8 Å². The Labute approximate surface area is 232 Å². The van der Waals surface area contributed by atoms with E-state index in [1.807, 2.05) is 13.8 Å². The summed E-state index contributed by atoms with van der Waals surface area (Å²) in [4.78, 5) is 24.0. The molecule has 0 fully saturated rings. The second kappa shape index (κ2) is 11.0. The first-order valence-corrected chi connectivity index (χ1v) is 13.9. The average Bonchev–Trinajstić information content (AvgIpc) is 2.91. The van der Waals surface area contributed by atoms with E-state index in [1.54, 1.807) is 30.3 Å². The molecule has 0 aromatic heterocycles. The summed E-state index contributed by atoms with van der Waals surface area (Å²) in [7, 11) is -1.38. The van der Waals surface area contributed by atoms with Crippen molar-refractivity contribution < 1.29 is 32.3 Å². The maximum Gasteiger partial charge on any atom is 0.273 e.